The van der Waals surface area contributed by atoms with Crippen LogP contribution in [0.4, 0.5) is 0 Å². The molecule has 0 fully saturated rings. The molecule has 0 atom stereocenters. The predicted octanol–water partition coefficient (Wildman–Crippen LogP) is 6.83. The average molecular weight is 394 g/mol. The lowest BCUT2D eigenvalue weighted by molar-refractivity contribution is -0.129. The lowest BCUT2D eigenvalue weighted by Gasteiger charge is -2.09. The highest BCUT2D eigenvalue weighted by Crippen LogP contribution is 2.24. The van der Waals surface area contributed by atoms with Crippen LogP contribution < -0.4 is 9.47 Å². The number of rotatable bonds is 5. The number of hydrogen-bond acceptors (Lipinski definition) is 3. The third-order valence-corrected chi connectivity index (χ3v) is 4.59. The maximum atomic E-state index is 12.5. The van der Waals surface area contributed by atoms with Gasteiger partial charge in [0.1, 0.15) is 17.3 Å². The number of carbonyl (C=O) groups is 1. The number of allylic oxidation sites excluding steroid dienone is 2. The van der Waals surface area contributed by atoms with Gasteiger partial charge in [0.05, 0.1) is 6.08 Å². The Morgan fingerprint density at radius 1 is 0.633 bits per heavy atom. The van der Waals surface area contributed by atoms with Gasteiger partial charge < -0.3 is 9.47 Å². The molecule has 0 spiro atoms. The Morgan fingerprint density at radius 2 is 1.13 bits per heavy atom. The molecule has 0 aliphatic rings. The average Bonchev–Trinajstić information content (AvgIpc) is 2.73. The van der Waals surface area contributed by atoms with Crippen LogP contribution in [0.25, 0.3) is 21.5 Å². The van der Waals surface area contributed by atoms with Crippen LogP contribution >= 0.6 is 0 Å². The molecule has 0 amide bonds. The fraction of sp³-hybridized carbons (Fsp3) is 0.0741. The zero-order chi connectivity index (χ0) is 20.9. The third-order valence-electron chi connectivity index (χ3n) is 4.59. The van der Waals surface area contributed by atoms with Gasteiger partial charge >= 0.3 is 5.97 Å². The minimum atomic E-state index is -0.487. The van der Waals surface area contributed by atoms with Crippen LogP contribution in [0, 0.1) is 0 Å². The fourth-order valence-electron chi connectivity index (χ4n) is 3.24. The van der Waals surface area contributed by atoms with E-state index in [2.05, 4.69) is 0 Å². The van der Waals surface area contributed by atoms with Crippen LogP contribution in [-0.4, -0.2) is 5.97 Å². The first-order valence-electron chi connectivity index (χ1n) is 9.81. The summed E-state index contributed by atoms with van der Waals surface area (Å²) in [4.78, 5) is 12.5. The Balaban J connectivity index is 1.56. The van der Waals surface area contributed by atoms with Gasteiger partial charge in [-0.25, -0.2) is 4.79 Å². The Morgan fingerprint density at radius 3 is 1.67 bits per heavy atom. The normalized spacial score (nSPS) is 11.3. The van der Waals surface area contributed by atoms with Crippen molar-refractivity contribution in [2.75, 3.05) is 0 Å². The van der Waals surface area contributed by atoms with E-state index in [-0.39, 0.29) is 0 Å². The van der Waals surface area contributed by atoms with Gasteiger partial charge in [-0.1, -0.05) is 66.2 Å². The van der Waals surface area contributed by atoms with Crippen LogP contribution in [0.1, 0.15) is 13.8 Å². The SMILES string of the molecule is CC(C)=C/C(=C\C(=O)Oc1ccc2ccccc2c1)Oc1ccc2ccccc2c1. The summed E-state index contributed by atoms with van der Waals surface area (Å²) >= 11 is 0. The topological polar surface area (TPSA) is 35.5 Å². The highest BCUT2D eigenvalue weighted by atomic mass is 16.5. The molecular formula is C27H22O3. The van der Waals surface area contributed by atoms with Crippen LogP contribution in [-0.2, 0) is 4.79 Å². The molecule has 0 aliphatic heterocycles. The first-order chi connectivity index (χ1) is 14.6. The first kappa shape index (κ1) is 19.5. The zero-order valence-corrected chi connectivity index (χ0v) is 17.0. The summed E-state index contributed by atoms with van der Waals surface area (Å²) in [6.07, 6.45) is 3.19. The summed E-state index contributed by atoms with van der Waals surface area (Å²) in [6, 6.07) is 27.4. The molecule has 0 aliphatic carbocycles. The van der Waals surface area contributed by atoms with Crippen molar-refractivity contribution in [2.24, 2.45) is 0 Å². The Bertz CT molecular complexity index is 1280. The molecule has 3 nitrogen and oxygen atoms in total. The van der Waals surface area contributed by atoms with Gasteiger partial charge in [-0.2, -0.15) is 0 Å². The monoisotopic (exact) mass is 394 g/mol. The number of esters is 1. The molecule has 0 unspecified atom stereocenters. The second kappa shape index (κ2) is 8.66. The molecule has 0 aromatic heterocycles. The maximum Gasteiger partial charge on any atom is 0.339 e. The molecule has 0 radical (unpaired) electrons. The Hall–Kier alpha value is -3.85. The van der Waals surface area contributed by atoms with Crippen molar-refractivity contribution in [1.82, 2.24) is 0 Å². The maximum absolute atomic E-state index is 12.5. The van der Waals surface area contributed by atoms with Crippen LogP contribution in [0.3, 0.4) is 0 Å². The van der Waals surface area contributed by atoms with E-state index in [1.807, 2.05) is 98.8 Å². The summed E-state index contributed by atoms with van der Waals surface area (Å²) in [5.41, 5.74) is 1.01. The molecule has 4 aromatic rings. The van der Waals surface area contributed by atoms with Crippen molar-refractivity contribution >= 4 is 27.5 Å². The van der Waals surface area contributed by atoms with Gasteiger partial charge in [0, 0.05) is 0 Å². The highest BCUT2D eigenvalue weighted by molar-refractivity contribution is 5.88. The minimum absolute atomic E-state index is 0.427. The van der Waals surface area contributed by atoms with Crippen LogP contribution in [0.15, 0.2) is 108 Å². The summed E-state index contributed by atoms with van der Waals surface area (Å²) in [5, 5.41) is 4.32. The summed E-state index contributed by atoms with van der Waals surface area (Å²) < 4.78 is 11.5. The Kier molecular flexibility index (Phi) is 5.62. The molecule has 30 heavy (non-hydrogen) atoms. The highest BCUT2D eigenvalue weighted by Gasteiger charge is 2.07. The molecule has 0 bridgehead atoms. The number of carbonyl (C=O) groups excluding carboxylic acids is 1. The van der Waals surface area contributed by atoms with Gasteiger partial charge in [0.15, 0.2) is 0 Å². The van der Waals surface area contributed by atoms with E-state index >= 15 is 0 Å². The van der Waals surface area contributed by atoms with Crippen molar-refractivity contribution in [3.8, 4) is 11.5 Å². The van der Waals surface area contributed by atoms with Crippen molar-refractivity contribution in [3.05, 3.63) is 108 Å². The van der Waals surface area contributed by atoms with Gasteiger partial charge in [-0.15, -0.1) is 0 Å². The lowest BCUT2D eigenvalue weighted by Crippen LogP contribution is -2.07. The van der Waals surface area contributed by atoms with E-state index in [4.69, 9.17) is 9.47 Å². The Labute approximate surface area is 175 Å². The van der Waals surface area contributed by atoms with Crippen molar-refractivity contribution < 1.29 is 14.3 Å². The molecule has 0 saturated heterocycles. The summed E-state index contributed by atoms with van der Waals surface area (Å²) in [7, 11) is 0. The van der Waals surface area contributed by atoms with E-state index in [0.717, 1.165) is 27.1 Å². The molecule has 0 N–H and O–H groups in total. The second-order valence-corrected chi connectivity index (χ2v) is 7.31. The quantitative estimate of drug-likeness (QED) is 0.122. The molecule has 0 saturated carbocycles. The summed E-state index contributed by atoms with van der Waals surface area (Å²) in [6.45, 7) is 3.90. The van der Waals surface area contributed by atoms with Crippen molar-refractivity contribution in [1.29, 1.82) is 0 Å². The van der Waals surface area contributed by atoms with Gasteiger partial charge in [0.25, 0.3) is 0 Å². The molecular weight excluding hydrogens is 372 g/mol. The van der Waals surface area contributed by atoms with Gasteiger partial charge in [0.2, 0.25) is 0 Å². The molecule has 148 valence electrons. The second-order valence-electron chi connectivity index (χ2n) is 7.31. The van der Waals surface area contributed by atoms with E-state index < -0.39 is 5.97 Å². The first-order valence-corrected chi connectivity index (χ1v) is 9.81. The van der Waals surface area contributed by atoms with Gasteiger partial charge in [-0.3, -0.25) is 0 Å². The van der Waals surface area contributed by atoms with Crippen molar-refractivity contribution in [2.45, 2.75) is 13.8 Å². The molecule has 4 aromatic carbocycles. The number of ether oxygens (including phenoxy) is 2. The largest absolute Gasteiger partial charge is 0.457 e. The number of fused-ring (bicyclic) bond motifs is 2. The van der Waals surface area contributed by atoms with Crippen molar-refractivity contribution in [3.63, 3.8) is 0 Å². The summed E-state index contributed by atoms with van der Waals surface area (Å²) in [5.74, 6) is 1.10. The van der Waals surface area contributed by atoms with E-state index in [1.165, 1.54) is 6.08 Å². The molecule has 3 heteroatoms. The molecule has 0 heterocycles. The number of benzene rings is 4. The lowest BCUT2D eigenvalue weighted by atomic mass is 10.1. The van der Waals surface area contributed by atoms with E-state index in [9.17, 15) is 4.79 Å². The minimum Gasteiger partial charge on any atom is -0.457 e. The third kappa shape index (κ3) is 4.76. The van der Waals surface area contributed by atoms with Crippen LogP contribution in [0.5, 0.6) is 11.5 Å². The standard InChI is InChI=1S/C27H22O3/c1-19(2)15-26(29-24-13-11-20-7-3-5-9-22(20)16-24)18-27(28)30-25-14-12-21-8-4-6-10-23(21)17-25/h3-18H,1-2H3/b26-18+. The van der Waals surface area contributed by atoms with Gasteiger partial charge in [-0.05, 0) is 65.7 Å². The van der Waals surface area contributed by atoms with Crippen LogP contribution in [0.2, 0.25) is 0 Å². The van der Waals surface area contributed by atoms with E-state index in [1.54, 1.807) is 6.07 Å². The molecule has 4 rings (SSSR count). The smallest absolute Gasteiger partial charge is 0.339 e. The fourth-order valence-corrected chi connectivity index (χ4v) is 3.24. The number of hydrogen-bond donors (Lipinski definition) is 0. The van der Waals surface area contributed by atoms with E-state index in [0.29, 0.717) is 17.3 Å². The predicted molar refractivity (Wildman–Crippen MR) is 122 cm³/mol. The zero-order valence-electron chi connectivity index (χ0n) is 17.0.